The number of hydrogen-bond acceptors (Lipinski definition) is 5. The quantitative estimate of drug-likeness (QED) is 0.635. The van der Waals surface area contributed by atoms with Crippen molar-refractivity contribution in [3.63, 3.8) is 0 Å². The number of likely N-dealkylation sites (tertiary alicyclic amines) is 1. The molecule has 4 atom stereocenters. The van der Waals surface area contributed by atoms with E-state index in [1.165, 1.54) is 4.90 Å². The summed E-state index contributed by atoms with van der Waals surface area (Å²) < 4.78 is 78.2. The van der Waals surface area contributed by atoms with Crippen LogP contribution in [0.2, 0.25) is 0 Å². The topological polar surface area (TPSA) is 84.7 Å². The number of halogens is 5. The number of rotatable bonds is 5. The maximum Gasteiger partial charge on any atom is 0.419 e. The van der Waals surface area contributed by atoms with Gasteiger partial charge >= 0.3 is 6.18 Å². The molecule has 0 bridgehead atoms. The highest BCUT2D eigenvalue weighted by Crippen LogP contribution is 2.49. The fraction of sp³-hybridized carbons (Fsp3) is 0.522. The van der Waals surface area contributed by atoms with Crippen LogP contribution < -0.4 is 5.32 Å². The minimum atomic E-state index is -5.06. The van der Waals surface area contributed by atoms with Crippen LogP contribution in [0.4, 0.5) is 22.0 Å². The summed E-state index contributed by atoms with van der Waals surface area (Å²) in [4.78, 5) is 28.1. The van der Waals surface area contributed by atoms with E-state index >= 15 is 0 Å². The Balaban J connectivity index is 1.42. The van der Waals surface area contributed by atoms with Crippen molar-refractivity contribution in [1.29, 1.82) is 0 Å². The Hall–Kier alpha value is -3.02. The van der Waals surface area contributed by atoms with Crippen LogP contribution in [0.5, 0.6) is 0 Å². The second-order valence-corrected chi connectivity index (χ2v) is 9.36. The van der Waals surface area contributed by atoms with Gasteiger partial charge in [-0.25, -0.2) is 8.78 Å². The average Bonchev–Trinajstić information content (AvgIpc) is 3.27. The lowest BCUT2D eigenvalue weighted by Crippen LogP contribution is -2.51. The van der Waals surface area contributed by atoms with Crippen molar-refractivity contribution in [2.24, 2.45) is 11.8 Å². The molecule has 3 heterocycles. The van der Waals surface area contributed by atoms with Crippen LogP contribution >= 0.6 is 0 Å². The van der Waals surface area contributed by atoms with E-state index in [-0.39, 0.29) is 36.8 Å². The van der Waals surface area contributed by atoms with Gasteiger partial charge in [0.25, 0.3) is 5.91 Å². The van der Waals surface area contributed by atoms with Gasteiger partial charge in [0.05, 0.1) is 30.5 Å². The highest BCUT2D eigenvalue weighted by atomic mass is 19.4. The third-order valence-corrected chi connectivity index (χ3v) is 7.05. The standard InChI is InChI=1S/C23H22F5N3O4/c1-9-19(10(2)35-30-9)22(33)31-17-3-11(17)4-18(31)21(32)29-20(12-7-34-8-12)13-5-16(25)14(6-15(13)24)23(26,27)28/h5-6,11-12,17-18,20H,3-4,7-8H2,1-2H3,(H,29,32)/t11-,17-,18-,20?/m1/s1. The molecule has 3 fully saturated rings. The molecule has 1 saturated carbocycles. The summed E-state index contributed by atoms with van der Waals surface area (Å²) in [7, 11) is 0. The summed E-state index contributed by atoms with van der Waals surface area (Å²) in [6.07, 6.45) is -3.92. The maximum absolute atomic E-state index is 14.8. The normalized spacial score (nSPS) is 24.7. The molecule has 7 nitrogen and oxygen atoms in total. The number of carbonyl (C=O) groups excluding carboxylic acids is 2. The number of hydrogen-bond donors (Lipinski definition) is 1. The first-order valence-corrected chi connectivity index (χ1v) is 11.2. The number of nitrogens with zero attached hydrogens (tertiary/aromatic N) is 2. The molecule has 1 unspecified atom stereocenters. The predicted molar refractivity (Wildman–Crippen MR) is 109 cm³/mol. The van der Waals surface area contributed by atoms with Crippen molar-refractivity contribution in [1.82, 2.24) is 15.4 Å². The van der Waals surface area contributed by atoms with E-state index < -0.39 is 58.8 Å². The van der Waals surface area contributed by atoms with Crippen LogP contribution in [0.3, 0.4) is 0 Å². The van der Waals surface area contributed by atoms with E-state index in [2.05, 4.69) is 10.5 Å². The number of aromatic nitrogens is 1. The Morgan fingerprint density at radius 3 is 2.43 bits per heavy atom. The number of fused-ring (bicyclic) bond motifs is 1. The SMILES string of the molecule is Cc1noc(C)c1C(=O)N1[C@@H](C(=O)NC(c2cc(F)c(C(F)(F)F)cc2F)C2COC2)C[C@H]2C[C@H]21. The van der Waals surface area contributed by atoms with Crippen LogP contribution in [0.1, 0.15) is 51.8 Å². The van der Waals surface area contributed by atoms with Crippen molar-refractivity contribution in [3.05, 3.63) is 51.9 Å². The van der Waals surface area contributed by atoms with E-state index in [0.29, 0.717) is 23.9 Å². The van der Waals surface area contributed by atoms with E-state index in [0.717, 1.165) is 6.42 Å². The summed E-state index contributed by atoms with van der Waals surface area (Å²) in [5.74, 6) is -3.91. The highest BCUT2D eigenvalue weighted by Gasteiger charge is 2.57. The van der Waals surface area contributed by atoms with Gasteiger partial charge in [-0.1, -0.05) is 5.16 Å². The molecule has 2 saturated heterocycles. The number of benzene rings is 1. The van der Waals surface area contributed by atoms with Crippen molar-refractivity contribution in [2.45, 2.75) is 51.0 Å². The number of amides is 2. The first kappa shape index (κ1) is 23.7. The van der Waals surface area contributed by atoms with Crippen molar-refractivity contribution in [3.8, 4) is 0 Å². The largest absolute Gasteiger partial charge is 0.419 e. The molecule has 35 heavy (non-hydrogen) atoms. The summed E-state index contributed by atoms with van der Waals surface area (Å²) in [5.41, 5.74) is -1.46. The van der Waals surface area contributed by atoms with Gasteiger partial charge in [-0.2, -0.15) is 13.2 Å². The molecule has 188 valence electrons. The molecule has 2 aliphatic heterocycles. The molecule has 3 aliphatic rings. The minimum Gasteiger partial charge on any atom is -0.381 e. The fourth-order valence-corrected chi connectivity index (χ4v) is 5.06. The van der Waals surface area contributed by atoms with Gasteiger partial charge in [-0.15, -0.1) is 0 Å². The molecule has 1 aromatic heterocycles. The van der Waals surface area contributed by atoms with Crippen LogP contribution in [0, 0.1) is 37.3 Å². The zero-order valence-corrected chi connectivity index (χ0v) is 18.8. The molecule has 2 aromatic rings. The monoisotopic (exact) mass is 499 g/mol. The number of alkyl halides is 3. The number of aryl methyl sites for hydroxylation is 2. The van der Waals surface area contributed by atoms with E-state index in [9.17, 15) is 31.5 Å². The lowest BCUT2D eigenvalue weighted by atomic mass is 9.89. The molecule has 0 spiro atoms. The number of ether oxygens (including phenoxy) is 1. The van der Waals surface area contributed by atoms with Crippen molar-refractivity contribution < 1.29 is 40.8 Å². The second-order valence-electron chi connectivity index (χ2n) is 9.36. The van der Waals surface area contributed by atoms with Gasteiger partial charge in [0, 0.05) is 17.5 Å². The molecule has 1 aromatic carbocycles. The zero-order chi connectivity index (χ0) is 25.2. The third-order valence-electron chi connectivity index (χ3n) is 7.05. The van der Waals surface area contributed by atoms with E-state index in [1.807, 2.05) is 0 Å². The molecule has 12 heteroatoms. The van der Waals surface area contributed by atoms with Crippen LogP contribution in [-0.4, -0.2) is 47.2 Å². The van der Waals surface area contributed by atoms with Gasteiger partial charge < -0.3 is 19.5 Å². The molecule has 2 amide bonds. The summed E-state index contributed by atoms with van der Waals surface area (Å²) >= 11 is 0. The van der Waals surface area contributed by atoms with Crippen LogP contribution in [0.15, 0.2) is 16.7 Å². The molecule has 1 N–H and O–H groups in total. The molecular formula is C23H22F5N3O4. The van der Waals surface area contributed by atoms with Crippen LogP contribution in [-0.2, 0) is 15.7 Å². The van der Waals surface area contributed by atoms with Gasteiger partial charge in [0.1, 0.15) is 29.0 Å². The van der Waals surface area contributed by atoms with E-state index in [4.69, 9.17) is 9.26 Å². The Morgan fingerprint density at radius 1 is 1.14 bits per heavy atom. The van der Waals surface area contributed by atoms with E-state index in [1.54, 1.807) is 13.8 Å². The van der Waals surface area contributed by atoms with Gasteiger partial charge in [-0.3, -0.25) is 9.59 Å². The summed E-state index contributed by atoms with van der Waals surface area (Å²) in [6, 6.07) is -1.55. The van der Waals surface area contributed by atoms with Gasteiger partial charge in [-0.05, 0) is 44.7 Å². The lowest BCUT2D eigenvalue weighted by molar-refractivity contribution is -0.140. The predicted octanol–water partition coefficient (Wildman–Crippen LogP) is 3.70. The number of piperidine rings is 1. The first-order valence-electron chi connectivity index (χ1n) is 11.2. The Bertz CT molecular complexity index is 1170. The third kappa shape index (κ3) is 4.07. The smallest absolute Gasteiger partial charge is 0.381 e. The van der Waals surface area contributed by atoms with Crippen molar-refractivity contribution >= 4 is 11.8 Å². The molecular weight excluding hydrogens is 477 g/mol. The molecule has 1 aliphatic carbocycles. The Labute approximate surface area is 196 Å². The summed E-state index contributed by atoms with van der Waals surface area (Å²) in [6.45, 7) is 3.44. The van der Waals surface area contributed by atoms with Gasteiger partial charge in [0.2, 0.25) is 5.91 Å². The van der Waals surface area contributed by atoms with Crippen LogP contribution in [0.25, 0.3) is 0 Å². The minimum absolute atomic E-state index is 0.0986. The zero-order valence-electron chi connectivity index (χ0n) is 18.8. The average molecular weight is 499 g/mol. The molecule has 5 rings (SSSR count). The second kappa shape index (κ2) is 8.28. The number of carbonyl (C=O) groups is 2. The molecule has 0 radical (unpaired) electrons. The number of nitrogens with one attached hydrogen (secondary N) is 1. The van der Waals surface area contributed by atoms with Gasteiger partial charge in [0.15, 0.2) is 0 Å². The lowest BCUT2D eigenvalue weighted by Gasteiger charge is -2.36. The Kier molecular flexibility index (Phi) is 5.61. The highest BCUT2D eigenvalue weighted by molar-refractivity contribution is 6.00. The first-order chi connectivity index (χ1) is 16.5. The maximum atomic E-state index is 14.8. The summed E-state index contributed by atoms with van der Waals surface area (Å²) in [5, 5.41) is 6.46. The fourth-order valence-electron chi connectivity index (χ4n) is 5.06. The van der Waals surface area contributed by atoms with Crippen molar-refractivity contribution in [2.75, 3.05) is 13.2 Å². The Morgan fingerprint density at radius 2 is 1.86 bits per heavy atom.